The van der Waals surface area contributed by atoms with Crippen LogP contribution < -0.4 is 30.2 Å². The normalized spacial score (nSPS) is 25.5. The monoisotopic (exact) mass is 740 g/mol. The molecule has 4 aromatic rings. The van der Waals surface area contributed by atoms with Crippen molar-refractivity contribution in [1.82, 2.24) is 0 Å². The predicted octanol–water partition coefficient (Wildman–Crippen LogP) is 8.76. The molecule has 288 valence electrons. The number of ether oxygens (including phenoxy) is 4. The first-order chi connectivity index (χ1) is 25.5. The molecule has 10 nitrogen and oxygen atoms in total. The Labute approximate surface area is 315 Å². The predicted molar refractivity (Wildman–Crippen MR) is 209 cm³/mol. The van der Waals surface area contributed by atoms with E-state index in [0.29, 0.717) is 45.3 Å². The van der Waals surface area contributed by atoms with Crippen molar-refractivity contribution in [3.8, 4) is 23.0 Å². The lowest BCUT2D eigenvalue weighted by Gasteiger charge is -2.37. The minimum Gasteiger partial charge on any atom is -0.489 e. The molecular formula is C44H52O10. The third kappa shape index (κ3) is 6.31. The van der Waals surface area contributed by atoms with Crippen molar-refractivity contribution < 1.29 is 38.0 Å². The van der Waals surface area contributed by atoms with Crippen molar-refractivity contribution >= 4 is 34.1 Å². The Kier molecular flexibility index (Phi) is 9.54. The van der Waals surface area contributed by atoms with Gasteiger partial charge in [-0.15, -0.1) is 0 Å². The molecule has 0 fully saturated rings. The third-order valence-corrected chi connectivity index (χ3v) is 11.2. The molecule has 54 heavy (non-hydrogen) atoms. The summed E-state index contributed by atoms with van der Waals surface area (Å²) in [7, 11) is 0. The van der Waals surface area contributed by atoms with Crippen LogP contribution >= 0.6 is 0 Å². The van der Waals surface area contributed by atoms with Gasteiger partial charge in [0.1, 0.15) is 46.4 Å². The van der Waals surface area contributed by atoms with Crippen LogP contribution in [0, 0.1) is 11.8 Å². The number of aliphatic hydroxyl groups is 2. The quantitative estimate of drug-likeness (QED) is 0.195. The largest absolute Gasteiger partial charge is 0.489 e. The Bertz CT molecular complexity index is 2160. The summed E-state index contributed by atoms with van der Waals surface area (Å²) in [5.41, 5.74) is 3.44. The standard InChI is InChI=1S/2C22H26O5/c2*1-6-7-13-10-15(23)26-21-16(13)20-14(8-9-22(4,5)27-20)19-17(21)18(24)11(2)12(3)25-19/h2*8-12,18,24H,6-7H2,1-5H3/t11-,12-,18+;11-,12-,18-/m11/s1. The molecule has 0 saturated heterocycles. The fraction of sp³-hybridized carbons (Fsp3) is 0.500. The van der Waals surface area contributed by atoms with Crippen LogP contribution in [0.25, 0.3) is 34.1 Å². The number of hydrogen-bond donors (Lipinski definition) is 2. The maximum Gasteiger partial charge on any atom is 0.336 e. The third-order valence-electron chi connectivity index (χ3n) is 11.2. The van der Waals surface area contributed by atoms with Gasteiger partial charge in [-0.2, -0.15) is 0 Å². The van der Waals surface area contributed by atoms with Crippen molar-refractivity contribution in [2.75, 3.05) is 0 Å². The van der Waals surface area contributed by atoms with Gasteiger partial charge in [0.15, 0.2) is 11.2 Å². The van der Waals surface area contributed by atoms with Crippen molar-refractivity contribution in [2.24, 2.45) is 11.8 Å². The van der Waals surface area contributed by atoms with Gasteiger partial charge in [-0.3, -0.25) is 0 Å². The van der Waals surface area contributed by atoms with Crippen molar-refractivity contribution in [3.63, 3.8) is 0 Å². The molecule has 4 aliphatic rings. The highest BCUT2D eigenvalue weighted by molar-refractivity contribution is 5.98. The molecule has 0 radical (unpaired) electrons. The van der Waals surface area contributed by atoms with Crippen molar-refractivity contribution in [3.05, 3.63) is 78.5 Å². The van der Waals surface area contributed by atoms with Crippen LogP contribution in [0.2, 0.25) is 0 Å². The summed E-state index contributed by atoms with van der Waals surface area (Å²) in [5.74, 6) is 2.20. The van der Waals surface area contributed by atoms with E-state index in [9.17, 15) is 19.8 Å². The zero-order valence-electron chi connectivity index (χ0n) is 32.9. The summed E-state index contributed by atoms with van der Waals surface area (Å²) in [6.07, 6.45) is 9.29. The van der Waals surface area contributed by atoms with Crippen LogP contribution in [-0.2, 0) is 12.8 Å². The first-order valence-corrected chi connectivity index (χ1v) is 19.3. The van der Waals surface area contributed by atoms with Crippen molar-refractivity contribution in [2.45, 2.75) is 131 Å². The molecule has 2 N–H and O–H groups in total. The molecule has 0 spiro atoms. The molecule has 2 aromatic heterocycles. The maximum absolute atomic E-state index is 12.3. The minimum absolute atomic E-state index is 0.121. The number of benzene rings is 2. The molecule has 0 amide bonds. The molecule has 4 aliphatic heterocycles. The first-order valence-electron chi connectivity index (χ1n) is 19.3. The van der Waals surface area contributed by atoms with Gasteiger partial charge < -0.3 is 38.0 Å². The van der Waals surface area contributed by atoms with E-state index in [0.717, 1.165) is 58.7 Å². The smallest absolute Gasteiger partial charge is 0.336 e. The lowest BCUT2D eigenvalue weighted by atomic mass is 9.85. The SMILES string of the molecule is CCCc1cc(=O)oc2c3c(c4c(c12)OC(C)(C)C=C4)O[C@H](C)[C@@H](C)[C@@H]3O.CCCc1cc(=O)oc2c3c(c4c(c12)OC(C)(C)C=C4)O[C@H](C)[C@@H](C)[C@H]3O. The van der Waals surface area contributed by atoms with E-state index in [1.54, 1.807) is 0 Å². The Morgan fingerprint density at radius 1 is 0.611 bits per heavy atom. The second-order valence-corrected chi connectivity index (χ2v) is 16.4. The molecular weight excluding hydrogens is 688 g/mol. The highest BCUT2D eigenvalue weighted by atomic mass is 16.5. The van der Waals surface area contributed by atoms with Gasteiger partial charge in [-0.25, -0.2) is 9.59 Å². The minimum atomic E-state index is -0.778. The zero-order chi connectivity index (χ0) is 39.0. The summed E-state index contributed by atoms with van der Waals surface area (Å²) >= 11 is 0. The van der Waals surface area contributed by atoms with E-state index in [2.05, 4.69) is 13.8 Å². The molecule has 2 aromatic carbocycles. The van der Waals surface area contributed by atoms with Gasteiger partial charge in [0.25, 0.3) is 0 Å². The Balaban J connectivity index is 0.000000167. The van der Waals surface area contributed by atoms with Crippen molar-refractivity contribution in [1.29, 1.82) is 0 Å². The van der Waals surface area contributed by atoms with E-state index in [1.165, 1.54) is 12.1 Å². The van der Waals surface area contributed by atoms with Crippen LogP contribution in [0.15, 0.2) is 42.7 Å². The highest BCUT2D eigenvalue weighted by Crippen LogP contribution is 2.54. The maximum atomic E-state index is 12.3. The van der Waals surface area contributed by atoms with E-state index in [1.807, 2.05) is 79.7 Å². The molecule has 8 rings (SSSR count). The molecule has 0 aliphatic carbocycles. The summed E-state index contributed by atoms with van der Waals surface area (Å²) < 4.78 is 36.2. The van der Waals surface area contributed by atoms with Gasteiger partial charge in [-0.05, 0) is 89.8 Å². The van der Waals surface area contributed by atoms with Crippen LogP contribution in [-0.4, -0.2) is 33.6 Å². The van der Waals surface area contributed by atoms with Gasteiger partial charge in [-0.1, -0.05) is 40.5 Å². The fourth-order valence-electron chi connectivity index (χ4n) is 7.96. The topological polar surface area (TPSA) is 138 Å². The number of aryl methyl sites for hydroxylation is 2. The summed E-state index contributed by atoms with van der Waals surface area (Å²) in [6, 6.07) is 3.07. The van der Waals surface area contributed by atoms with E-state index >= 15 is 0 Å². The van der Waals surface area contributed by atoms with Crippen LogP contribution in [0.1, 0.15) is 128 Å². The molecule has 6 atom stereocenters. The molecule has 0 unspecified atom stereocenters. The molecule has 0 bridgehead atoms. The number of hydrogen-bond acceptors (Lipinski definition) is 10. The summed E-state index contributed by atoms with van der Waals surface area (Å²) in [6.45, 7) is 19.8. The fourth-order valence-corrected chi connectivity index (χ4v) is 7.96. The number of aliphatic hydroxyl groups excluding tert-OH is 2. The van der Waals surface area contributed by atoms with Crippen LogP contribution in [0.3, 0.4) is 0 Å². The molecule has 10 heteroatoms. The van der Waals surface area contributed by atoms with Crippen LogP contribution in [0.5, 0.6) is 23.0 Å². The zero-order valence-corrected chi connectivity index (χ0v) is 32.9. The molecule has 0 saturated carbocycles. The Morgan fingerprint density at radius 2 is 0.981 bits per heavy atom. The van der Waals surface area contributed by atoms with E-state index in [-0.39, 0.29) is 24.0 Å². The summed E-state index contributed by atoms with van der Waals surface area (Å²) in [4.78, 5) is 24.5. The number of rotatable bonds is 4. The highest BCUT2D eigenvalue weighted by Gasteiger charge is 2.41. The lowest BCUT2D eigenvalue weighted by Crippen LogP contribution is -2.34. The average Bonchev–Trinajstić information content (AvgIpc) is 3.08. The average molecular weight is 741 g/mol. The van der Waals surface area contributed by atoms with E-state index in [4.69, 9.17) is 27.8 Å². The molecule has 6 heterocycles. The van der Waals surface area contributed by atoms with Gasteiger partial charge in [0, 0.05) is 24.0 Å². The van der Waals surface area contributed by atoms with E-state index < -0.39 is 34.7 Å². The first kappa shape index (κ1) is 37.8. The Morgan fingerprint density at radius 3 is 1.33 bits per heavy atom. The van der Waals surface area contributed by atoms with Gasteiger partial charge in [0.2, 0.25) is 0 Å². The Hall–Kier alpha value is -4.54. The second-order valence-electron chi connectivity index (χ2n) is 16.4. The van der Waals surface area contributed by atoms with Gasteiger partial charge >= 0.3 is 11.3 Å². The summed E-state index contributed by atoms with van der Waals surface area (Å²) in [5, 5.41) is 23.6. The van der Waals surface area contributed by atoms with Gasteiger partial charge in [0.05, 0.1) is 45.2 Å². The van der Waals surface area contributed by atoms with Crippen LogP contribution in [0.4, 0.5) is 0 Å². The lowest BCUT2D eigenvalue weighted by molar-refractivity contribution is 0.0169. The number of fused-ring (bicyclic) bond motifs is 12. The second kappa shape index (κ2) is 13.6.